The van der Waals surface area contributed by atoms with Gasteiger partial charge in [-0.1, -0.05) is 0 Å². The highest BCUT2D eigenvalue weighted by Crippen LogP contribution is 2.22. The first-order chi connectivity index (χ1) is 7.86. The molecule has 17 heavy (non-hydrogen) atoms. The molecule has 0 saturated carbocycles. The lowest BCUT2D eigenvalue weighted by atomic mass is 9.97. The molecule has 1 atom stereocenters. The van der Waals surface area contributed by atoms with Crippen LogP contribution in [0.5, 0.6) is 0 Å². The topological polar surface area (TPSA) is 75.9 Å². The van der Waals surface area contributed by atoms with E-state index in [0.29, 0.717) is 13.1 Å². The normalized spacial score (nSPS) is 21.6. The fraction of sp³-hybridized carbons (Fsp3) is 0.818. The van der Waals surface area contributed by atoms with Gasteiger partial charge in [-0.25, -0.2) is 0 Å². The molecule has 1 aliphatic heterocycles. The number of carbonyl (C=O) groups excluding carboxylic acids is 2. The van der Waals surface area contributed by atoms with Gasteiger partial charge in [0.05, 0.1) is 0 Å². The van der Waals surface area contributed by atoms with Crippen LogP contribution in [0.3, 0.4) is 0 Å². The van der Waals surface area contributed by atoms with Crippen molar-refractivity contribution in [3.63, 3.8) is 0 Å². The molecule has 0 aromatic rings. The van der Waals surface area contributed by atoms with Gasteiger partial charge >= 0.3 is 0 Å². The summed E-state index contributed by atoms with van der Waals surface area (Å²) in [5.41, 5.74) is 4.64. The molecule has 1 unspecified atom stereocenters. The van der Waals surface area contributed by atoms with E-state index in [1.807, 2.05) is 0 Å². The van der Waals surface area contributed by atoms with Crippen molar-refractivity contribution in [3.8, 4) is 0 Å². The van der Waals surface area contributed by atoms with Gasteiger partial charge in [0.25, 0.3) is 5.91 Å². The quantitative estimate of drug-likeness (QED) is 0.692. The zero-order valence-electron chi connectivity index (χ0n) is 10.9. The molecular formula is C11H21N3O3. The fourth-order valence-electron chi connectivity index (χ4n) is 2.07. The zero-order valence-corrected chi connectivity index (χ0v) is 10.9. The summed E-state index contributed by atoms with van der Waals surface area (Å²) in [6, 6.07) is 0. The zero-order chi connectivity index (χ0) is 13.2. The van der Waals surface area contributed by atoms with E-state index < -0.39 is 11.6 Å². The maximum Gasteiger partial charge on any atom is 0.253 e. The molecule has 0 aromatic carbocycles. The highest BCUT2D eigenvalue weighted by molar-refractivity contribution is 5.93. The van der Waals surface area contributed by atoms with Gasteiger partial charge in [-0.15, -0.1) is 0 Å². The summed E-state index contributed by atoms with van der Waals surface area (Å²) < 4.78 is 5.03. The predicted octanol–water partition coefficient (Wildman–Crippen LogP) is -0.961. The summed E-state index contributed by atoms with van der Waals surface area (Å²) in [4.78, 5) is 27.4. The molecule has 98 valence electrons. The maximum absolute atomic E-state index is 12.2. The minimum atomic E-state index is -0.837. The molecule has 1 saturated heterocycles. The number of rotatable bonds is 3. The van der Waals surface area contributed by atoms with Gasteiger partial charge in [-0.05, 0) is 13.8 Å². The lowest BCUT2D eigenvalue weighted by molar-refractivity contribution is -0.162. The smallest absolute Gasteiger partial charge is 0.253 e. The number of hydrogen-bond donors (Lipinski definition) is 1. The van der Waals surface area contributed by atoms with Crippen molar-refractivity contribution >= 4 is 11.8 Å². The van der Waals surface area contributed by atoms with E-state index in [9.17, 15) is 9.59 Å². The van der Waals surface area contributed by atoms with Crippen molar-refractivity contribution in [3.05, 3.63) is 0 Å². The van der Waals surface area contributed by atoms with Gasteiger partial charge < -0.3 is 20.3 Å². The number of carbonyl (C=O) groups is 2. The average Bonchev–Trinajstić information content (AvgIpc) is 2.27. The number of nitrogens with zero attached hydrogens (tertiary/aromatic N) is 2. The highest BCUT2D eigenvalue weighted by atomic mass is 16.5. The van der Waals surface area contributed by atoms with E-state index in [2.05, 4.69) is 0 Å². The molecule has 0 bridgehead atoms. The molecule has 1 rings (SSSR count). The SMILES string of the molecule is COC(CN)C(=O)N1CCN(C)C(=O)C1(C)C. The Balaban J connectivity index is 2.91. The van der Waals surface area contributed by atoms with Crippen LogP contribution in [0.15, 0.2) is 0 Å². The summed E-state index contributed by atoms with van der Waals surface area (Å²) in [6.45, 7) is 4.65. The molecular weight excluding hydrogens is 222 g/mol. The molecule has 1 fully saturated rings. The van der Waals surface area contributed by atoms with Gasteiger partial charge in [0, 0.05) is 33.8 Å². The Morgan fingerprint density at radius 3 is 2.59 bits per heavy atom. The second-order valence-electron chi connectivity index (χ2n) is 4.74. The molecule has 0 radical (unpaired) electrons. The molecule has 1 aliphatic rings. The van der Waals surface area contributed by atoms with Crippen LogP contribution < -0.4 is 5.73 Å². The van der Waals surface area contributed by atoms with Crippen LogP contribution in [0.1, 0.15) is 13.8 Å². The third-order valence-electron chi connectivity index (χ3n) is 3.24. The van der Waals surface area contributed by atoms with Crippen LogP contribution >= 0.6 is 0 Å². The number of nitrogens with two attached hydrogens (primary N) is 1. The van der Waals surface area contributed by atoms with E-state index >= 15 is 0 Å². The Kier molecular flexibility index (Phi) is 4.11. The van der Waals surface area contributed by atoms with Crippen molar-refractivity contribution in [1.82, 2.24) is 9.80 Å². The number of methoxy groups -OCH3 is 1. The van der Waals surface area contributed by atoms with Crippen LogP contribution in [0.25, 0.3) is 0 Å². The number of likely N-dealkylation sites (N-methyl/N-ethyl adjacent to an activating group) is 1. The third-order valence-corrected chi connectivity index (χ3v) is 3.24. The van der Waals surface area contributed by atoms with Crippen molar-refractivity contribution < 1.29 is 14.3 Å². The first kappa shape index (κ1) is 13.9. The number of ether oxygens (including phenoxy) is 1. The van der Waals surface area contributed by atoms with Crippen molar-refractivity contribution in [1.29, 1.82) is 0 Å². The van der Waals surface area contributed by atoms with Gasteiger partial charge in [0.2, 0.25) is 5.91 Å². The number of hydrogen-bond acceptors (Lipinski definition) is 4. The molecule has 0 spiro atoms. The molecule has 2 amide bonds. The van der Waals surface area contributed by atoms with E-state index in [1.54, 1.807) is 30.7 Å². The van der Waals surface area contributed by atoms with Gasteiger partial charge in [0.1, 0.15) is 11.6 Å². The fourth-order valence-corrected chi connectivity index (χ4v) is 2.07. The van der Waals surface area contributed by atoms with Crippen LogP contribution in [-0.4, -0.2) is 67.0 Å². The summed E-state index contributed by atoms with van der Waals surface area (Å²) in [7, 11) is 3.18. The Morgan fingerprint density at radius 2 is 2.12 bits per heavy atom. The van der Waals surface area contributed by atoms with Crippen LogP contribution in [0.4, 0.5) is 0 Å². The number of amides is 2. The second kappa shape index (κ2) is 5.01. The average molecular weight is 243 g/mol. The molecule has 2 N–H and O–H groups in total. The Hall–Kier alpha value is -1.14. The van der Waals surface area contributed by atoms with Crippen LogP contribution in [-0.2, 0) is 14.3 Å². The van der Waals surface area contributed by atoms with E-state index in [4.69, 9.17) is 10.5 Å². The molecule has 1 heterocycles. The lowest BCUT2D eigenvalue weighted by Gasteiger charge is -2.45. The minimum Gasteiger partial charge on any atom is -0.370 e. The van der Waals surface area contributed by atoms with Gasteiger partial charge in [-0.2, -0.15) is 0 Å². The lowest BCUT2D eigenvalue weighted by Crippen LogP contribution is -2.65. The summed E-state index contributed by atoms with van der Waals surface area (Å²) in [5.74, 6) is -0.287. The molecule has 6 nitrogen and oxygen atoms in total. The monoisotopic (exact) mass is 243 g/mol. The molecule has 0 aromatic heterocycles. The Bertz CT molecular complexity index is 313. The molecule has 6 heteroatoms. The number of piperazine rings is 1. The maximum atomic E-state index is 12.2. The largest absolute Gasteiger partial charge is 0.370 e. The Labute approximate surface area is 102 Å². The van der Waals surface area contributed by atoms with Crippen LogP contribution in [0, 0.1) is 0 Å². The summed E-state index contributed by atoms with van der Waals surface area (Å²) in [6.07, 6.45) is -0.675. The van der Waals surface area contributed by atoms with Crippen LogP contribution in [0.2, 0.25) is 0 Å². The highest BCUT2D eigenvalue weighted by Gasteiger charge is 2.44. The summed E-state index contributed by atoms with van der Waals surface area (Å²) >= 11 is 0. The van der Waals surface area contributed by atoms with Gasteiger partial charge in [0.15, 0.2) is 0 Å². The van der Waals surface area contributed by atoms with E-state index in [-0.39, 0.29) is 18.4 Å². The predicted molar refractivity (Wildman–Crippen MR) is 63.3 cm³/mol. The van der Waals surface area contributed by atoms with E-state index in [0.717, 1.165) is 0 Å². The Morgan fingerprint density at radius 1 is 1.53 bits per heavy atom. The van der Waals surface area contributed by atoms with Crippen molar-refractivity contribution in [2.75, 3.05) is 33.8 Å². The molecule has 0 aliphatic carbocycles. The summed E-state index contributed by atoms with van der Waals surface area (Å²) in [5, 5.41) is 0. The first-order valence-electron chi connectivity index (χ1n) is 5.66. The second-order valence-corrected chi connectivity index (χ2v) is 4.74. The minimum absolute atomic E-state index is 0.0658. The van der Waals surface area contributed by atoms with Gasteiger partial charge in [-0.3, -0.25) is 9.59 Å². The third kappa shape index (κ3) is 2.42. The van der Waals surface area contributed by atoms with Crippen molar-refractivity contribution in [2.45, 2.75) is 25.5 Å². The van der Waals surface area contributed by atoms with Crippen molar-refractivity contribution in [2.24, 2.45) is 5.73 Å². The van der Waals surface area contributed by atoms with E-state index in [1.165, 1.54) is 7.11 Å². The first-order valence-corrected chi connectivity index (χ1v) is 5.66. The standard InChI is InChI=1S/C11H21N3O3/c1-11(2)10(16)13(3)5-6-14(11)9(15)8(7-12)17-4/h8H,5-7,12H2,1-4H3.